The van der Waals surface area contributed by atoms with Crippen LogP contribution in [-0.4, -0.2) is 23.0 Å². The zero-order valence-electron chi connectivity index (χ0n) is 15.2. The maximum absolute atomic E-state index is 12.6. The summed E-state index contributed by atoms with van der Waals surface area (Å²) in [6.45, 7) is 3.68. The highest BCUT2D eigenvalue weighted by molar-refractivity contribution is 5.97. The molecule has 3 rings (SSSR count). The summed E-state index contributed by atoms with van der Waals surface area (Å²) in [5, 5.41) is 14.5. The minimum Gasteiger partial charge on any atom is -0.466 e. The van der Waals surface area contributed by atoms with Gasteiger partial charge in [0, 0.05) is 41.2 Å². The molecule has 1 aliphatic heterocycles. The number of rotatable bonds is 4. The van der Waals surface area contributed by atoms with Gasteiger partial charge in [-0.1, -0.05) is 18.2 Å². The van der Waals surface area contributed by atoms with Crippen molar-refractivity contribution in [2.24, 2.45) is 0 Å². The SMILES string of the molecule is COC(=O)C1=C(C)NC(C)=C(c2ccccn2)C1c1cccc([N+](=O)[O-])c1. The Hall–Kier alpha value is -3.48. The Morgan fingerprint density at radius 2 is 1.96 bits per heavy atom. The number of nitrogens with zero attached hydrogens (tertiary/aromatic N) is 2. The van der Waals surface area contributed by atoms with Gasteiger partial charge in [-0.25, -0.2) is 4.79 Å². The van der Waals surface area contributed by atoms with Crippen molar-refractivity contribution in [3.63, 3.8) is 0 Å². The number of carbonyl (C=O) groups excluding carboxylic acids is 1. The van der Waals surface area contributed by atoms with E-state index in [0.717, 1.165) is 11.3 Å². The first kappa shape index (κ1) is 18.3. The van der Waals surface area contributed by atoms with Crippen LogP contribution in [0.25, 0.3) is 5.57 Å². The number of ether oxygens (including phenoxy) is 1. The molecule has 138 valence electrons. The minimum atomic E-state index is -0.534. The number of esters is 1. The zero-order valence-corrected chi connectivity index (χ0v) is 15.2. The van der Waals surface area contributed by atoms with Crippen LogP contribution in [0.15, 0.2) is 65.6 Å². The molecule has 1 aliphatic rings. The Kier molecular flexibility index (Phi) is 5.03. The van der Waals surface area contributed by atoms with E-state index in [1.54, 1.807) is 31.3 Å². The van der Waals surface area contributed by atoms with Crippen molar-refractivity contribution in [2.75, 3.05) is 7.11 Å². The van der Waals surface area contributed by atoms with E-state index in [-0.39, 0.29) is 5.69 Å². The van der Waals surface area contributed by atoms with Crippen LogP contribution >= 0.6 is 0 Å². The maximum atomic E-state index is 12.6. The molecule has 0 aliphatic carbocycles. The lowest BCUT2D eigenvalue weighted by Crippen LogP contribution is -2.28. The second kappa shape index (κ2) is 7.41. The Bertz CT molecular complexity index is 964. The second-order valence-corrected chi connectivity index (χ2v) is 6.19. The quantitative estimate of drug-likeness (QED) is 0.506. The maximum Gasteiger partial charge on any atom is 0.336 e. The van der Waals surface area contributed by atoms with E-state index in [2.05, 4.69) is 10.3 Å². The first-order valence-electron chi connectivity index (χ1n) is 8.36. The Balaban J connectivity index is 2.26. The van der Waals surface area contributed by atoms with Crippen LogP contribution in [0.2, 0.25) is 0 Å². The van der Waals surface area contributed by atoms with Gasteiger partial charge in [0.1, 0.15) is 0 Å². The van der Waals surface area contributed by atoms with Gasteiger partial charge >= 0.3 is 5.97 Å². The molecule has 0 bridgehead atoms. The summed E-state index contributed by atoms with van der Waals surface area (Å²) in [6.07, 6.45) is 1.67. The van der Waals surface area contributed by atoms with Crippen LogP contribution in [0.4, 0.5) is 5.69 Å². The molecule has 1 aromatic heterocycles. The molecule has 0 saturated heterocycles. The van der Waals surface area contributed by atoms with Crippen molar-refractivity contribution in [2.45, 2.75) is 19.8 Å². The Morgan fingerprint density at radius 1 is 1.19 bits per heavy atom. The number of aromatic nitrogens is 1. The van der Waals surface area contributed by atoms with Crippen LogP contribution < -0.4 is 5.32 Å². The summed E-state index contributed by atoms with van der Waals surface area (Å²) in [6, 6.07) is 11.8. The van der Waals surface area contributed by atoms with Gasteiger partial charge in [0.25, 0.3) is 5.69 Å². The summed E-state index contributed by atoms with van der Waals surface area (Å²) < 4.78 is 5.00. The number of nitro groups is 1. The highest BCUT2D eigenvalue weighted by Gasteiger charge is 2.35. The molecule has 27 heavy (non-hydrogen) atoms. The molecule has 0 amide bonds. The summed E-state index contributed by atoms with van der Waals surface area (Å²) >= 11 is 0. The van der Waals surface area contributed by atoms with Crippen LogP contribution in [0, 0.1) is 10.1 Å². The molecule has 1 N–H and O–H groups in total. The van der Waals surface area contributed by atoms with Crippen molar-refractivity contribution < 1.29 is 14.5 Å². The molecule has 2 aromatic rings. The molecule has 7 nitrogen and oxygen atoms in total. The molecule has 1 aromatic carbocycles. The summed E-state index contributed by atoms with van der Waals surface area (Å²) in [5.41, 5.74) is 3.95. The molecule has 0 radical (unpaired) electrons. The molecule has 0 spiro atoms. The molecule has 1 atom stereocenters. The average Bonchev–Trinajstić information content (AvgIpc) is 2.67. The zero-order chi connectivity index (χ0) is 19.6. The highest BCUT2D eigenvalue weighted by atomic mass is 16.6. The van der Waals surface area contributed by atoms with Crippen LogP contribution in [0.3, 0.4) is 0 Å². The molecule has 0 fully saturated rings. The van der Waals surface area contributed by atoms with Crippen LogP contribution in [-0.2, 0) is 9.53 Å². The van der Waals surface area contributed by atoms with Gasteiger partial charge in [0.15, 0.2) is 0 Å². The standard InChI is InChI=1S/C20H19N3O4/c1-12-17(16-9-4-5-10-21-16)19(18(13(2)22-12)20(24)27-3)14-7-6-8-15(11-14)23(25)26/h4-11,19,22H,1-3H3. The number of nitrogens with one attached hydrogen (secondary N) is 1. The van der Waals surface area contributed by atoms with Crippen molar-refractivity contribution in [1.82, 2.24) is 10.3 Å². The molecular formula is C20H19N3O4. The predicted octanol–water partition coefficient (Wildman–Crippen LogP) is 3.55. The van der Waals surface area contributed by atoms with E-state index < -0.39 is 16.8 Å². The number of allylic oxidation sites excluding steroid dienone is 3. The van der Waals surface area contributed by atoms with Crippen molar-refractivity contribution in [1.29, 1.82) is 0 Å². The Labute approximate surface area is 156 Å². The third-order valence-corrected chi connectivity index (χ3v) is 4.52. The first-order valence-corrected chi connectivity index (χ1v) is 8.36. The van der Waals surface area contributed by atoms with Gasteiger partial charge in [0.05, 0.1) is 23.3 Å². The third-order valence-electron chi connectivity index (χ3n) is 4.52. The van der Waals surface area contributed by atoms with Crippen LogP contribution in [0.5, 0.6) is 0 Å². The molecule has 1 unspecified atom stereocenters. The minimum absolute atomic E-state index is 0.0362. The number of hydrogen-bond donors (Lipinski definition) is 1. The van der Waals surface area contributed by atoms with Gasteiger partial charge in [-0.2, -0.15) is 0 Å². The number of non-ortho nitro benzene ring substituents is 1. The molecule has 7 heteroatoms. The Morgan fingerprint density at radius 3 is 2.59 bits per heavy atom. The van der Waals surface area contributed by atoms with Gasteiger partial charge in [0.2, 0.25) is 0 Å². The van der Waals surface area contributed by atoms with E-state index in [4.69, 9.17) is 4.74 Å². The molecule has 0 saturated carbocycles. The number of carbonyl (C=O) groups is 1. The number of pyridine rings is 1. The van der Waals surface area contributed by atoms with Gasteiger partial charge in [-0.15, -0.1) is 0 Å². The van der Waals surface area contributed by atoms with E-state index in [1.807, 2.05) is 19.1 Å². The number of nitro benzene ring substituents is 1. The van der Waals surface area contributed by atoms with E-state index in [9.17, 15) is 14.9 Å². The fraction of sp³-hybridized carbons (Fsp3) is 0.200. The van der Waals surface area contributed by atoms with Gasteiger partial charge < -0.3 is 10.1 Å². The lowest BCUT2D eigenvalue weighted by atomic mass is 9.79. The van der Waals surface area contributed by atoms with Crippen molar-refractivity contribution in [3.8, 4) is 0 Å². The van der Waals surface area contributed by atoms with E-state index in [1.165, 1.54) is 19.2 Å². The van der Waals surface area contributed by atoms with Crippen molar-refractivity contribution >= 4 is 17.2 Å². The number of benzene rings is 1. The number of methoxy groups -OCH3 is 1. The highest BCUT2D eigenvalue weighted by Crippen LogP contribution is 2.43. The van der Waals surface area contributed by atoms with Gasteiger partial charge in [-0.05, 0) is 31.5 Å². The number of hydrogen-bond acceptors (Lipinski definition) is 6. The molecule has 2 heterocycles. The topological polar surface area (TPSA) is 94.4 Å². The second-order valence-electron chi connectivity index (χ2n) is 6.19. The summed E-state index contributed by atoms with van der Waals surface area (Å²) in [5.74, 6) is -1.02. The van der Waals surface area contributed by atoms with E-state index >= 15 is 0 Å². The molecular weight excluding hydrogens is 346 g/mol. The predicted molar refractivity (Wildman–Crippen MR) is 101 cm³/mol. The monoisotopic (exact) mass is 365 g/mol. The summed E-state index contributed by atoms with van der Waals surface area (Å²) in [7, 11) is 1.32. The summed E-state index contributed by atoms with van der Waals surface area (Å²) in [4.78, 5) is 27.8. The fourth-order valence-corrected chi connectivity index (χ4v) is 3.39. The number of dihydropyridines is 1. The lowest BCUT2D eigenvalue weighted by molar-refractivity contribution is -0.384. The fourth-order valence-electron chi connectivity index (χ4n) is 3.39. The average molecular weight is 365 g/mol. The van der Waals surface area contributed by atoms with E-state index in [0.29, 0.717) is 22.5 Å². The normalized spacial score (nSPS) is 16.8. The third kappa shape index (κ3) is 3.44. The van der Waals surface area contributed by atoms with Crippen LogP contribution in [0.1, 0.15) is 31.0 Å². The lowest BCUT2D eigenvalue weighted by Gasteiger charge is -2.31. The van der Waals surface area contributed by atoms with Crippen molar-refractivity contribution in [3.05, 3.63) is 87.0 Å². The van der Waals surface area contributed by atoms with Gasteiger partial charge in [-0.3, -0.25) is 15.1 Å². The smallest absolute Gasteiger partial charge is 0.336 e. The first-order chi connectivity index (χ1) is 12.9. The largest absolute Gasteiger partial charge is 0.466 e.